The van der Waals surface area contributed by atoms with Crippen molar-refractivity contribution in [3.8, 4) is 0 Å². The molecule has 0 spiro atoms. The lowest BCUT2D eigenvalue weighted by Gasteiger charge is -2.26. The van der Waals surface area contributed by atoms with Crippen molar-refractivity contribution >= 4 is 35.8 Å². The summed E-state index contributed by atoms with van der Waals surface area (Å²) in [6.45, 7) is 4.71. The van der Waals surface area contributed by atoms with Crippen LogP contribution in [-0.4, -0.2) is 60.2 Å². The van der Waals surface area contributed by atoms with Crippen LogP contribution in [0.2, 0.25) is 0 Å². The molecule has 1 aromatic rings. The van der Waals surface area contributed by atoms with Gasteiger partial charge in [0.25, 0.3) is 0 Å². The highest BCUT2D eigenvalue weighted by atomic mass is 127. The van der Waals surface area contributed by atoms with Crippen molar-refractivity contribution in [2.45, 2.75) is 64.0 Å². The van der Waals surface area contributed by atoms with Crippen molar-refractivity contribution in [1.29, 1.82) is 0 Å². The van der Waals surface area contributed by atoms with Crippen molar-refractivity contribution < 1.29 is 9.90 Å². The third-order valence-electron chi connectivity index (χ3n) is 5.91. The number of amides is 1. The van der Waals surface area contributed by atoms with E-state index < -0.39 is 6.10 Å². The molecule has 7 heteroatoms. The third kappa shape index (κ3) is 7.72. The van der Waals surface area contributed by atoms with Gasteiger partial charge in [-0.15, -0.1) is 24.0 Å². The number of carbonyl (C=O) groups is 1. The lowest BCUT2D eigenvalue weighted by atomic mass is 9.88. The molecule has 2 atom stereocenters. The van der Waals surface area contributed by atoms with E-state index in [1.54, 1.807) is 0 Å². The SMILES string of the molecule is CCNC(=NCC(O)Cc1ccccc1)NC1CCN(C(=O)C2CCCCC2)C1.I. The van der Waals surface area contributed by atoms with E-state index in [2.05, 4.69) is 15.6 Å². The second-order valence-corrected chi connectivity index (χ2v) is 8.31. The van der Waals surface area contributed by atoms with Crippen molar-refractivity contribution in [3.05, 3.63) is 35.9 Å². The summed E-state index contributed by atoms with van der Waals surface area (Å²) in [7, 11) is 0. The molecule has 2 unspecified atom stereocenters. The second kappa shape index (κ2) is 13.1. The van der Waals surface area contributed by atoms with E-state index in [0.717, 1.165) is 50.4 Å². The Labute approximate surface area is 197 Å². The molecule has 30 heavy (non-hydrogen) atoms. The summed E-state index contributed by atoms with van der Waals surface area (Å²) in [5.74, 6) is 1.29. The van der Waals surface area contributed by atoms with Crippen LogP contribution in [0.3, 0.4) is 0 Å². The molecule has 6 nitrogen and oxygen atoms in total. The monoisotopic (exact) mass is 528 g/mol. The number of nitrogens with zero attached hydrogens (tertiary/aromatic N) is 2. The molecule has 1 aliphatic heterocycles. The largest absolute Gasteiger partial charge is 0.391 e. The van der Waals surface area contributed by atoms with Gasteiger partial charge in [-0.1, -0.05) is 49.6 Å². The predicted molar refractivity (Wildman–Crippen MR) is 132 cm³/mol. The van der Waals surface area contributed by atoms with Crippen molar-refractivity contribution in [2.24, 2.45) is 10.9 Å². The number of aliphatic imine (C=N–C) groups is 1. The van der Waals surface area contributed by atoms with Gasteiger partial charge in [0.05, 0.1) is 12.6 Å². The van der Waals surface area contributed by atoms with Gasteiger partial charge in [-0.2, -0.15) is 0 Å². The fraction of sp³-hybridized carbons (Fsp3) is 0.652. The minimum atomic E-state index is -0.513. The van der Waals surface area contributed by atoms with E-state index in [0.29, 0.717) is 18.9 Å². The summed E-state index contributed by atoms with van der Waals surface area (Å²) in [5.41, 5.74) is 1.11. The highest BCUT2D eigenvalue weighted by Crippen LogP contribution is 2.26. The third-order valence-corrected chi connectivity index (χ3v) is 5.91. The molecule has 0 radical (unpaired) electrons. The molecule has 1 aromatic carbocycles. The number of hydrogen-bond acceptors (Lipinski definition) is 3. The maximum absolute atomic E-state index is 12.8. The number of halogens is 1. The molecule has 1 saturated carbocycles. The van der Waals surface area contributed by atoms with Crippen LogP contribution in [0.5, 0.6) is 0 Å². The van der Waals surface area contributed by atoms with Gasteiger partial charge in [-0.3, -0.25) is 9.79 Å². The predicted octanol–water partition coefficient (Wildman–Crippen LogP) is 2.94. The maximum atomic E-state index is 12.8. The summed E-state index contributed by atoms with van der Waals surface area (Å²) in [6, 6.07) is 10.2. The average molecular weight is 528 g/mol. The zero-order valence-corrected chi connectivity index (χ0v) is 20.4. The van der Waals surface area contributed by atoms with Gasteiger partial charge in [0.1, 0.15) is 0 Å². The fourth-order valence-electron chi connectivity index (χ4n) is 4.35. The normalized spacial score (nSPS) is 21.1. The second-order valence-electron chi connectivity index (χ2n) is 8.31. The van der Waals surface area contributed by atoms with Gasteiger partial charge in [-0.25, -0.2) is 0 Å². The Hall–Kier alpha value is -1.35. The number of likely N-dealkylation sites (tertiary alicyclic amines) is 1. The van der Waals surface area contributed by atoms with E-state index in [1.165, 1.54) is 19.3 Å². The van der Waals surface area contributed by atoms with Gasteiger partial charge >= 0.3 is 0 Å². The van der Waals surface area contributed by atoms with Gasteiger partial charge < -0.3 is 20.6 Å². The van der Waals surface area contributed by atoms with Crippen LogP contribution < -0.4 is 10.6 Å². The first-order valence-electron chi connectivity index (χ1n) is 11.2. The van der Waals surface area contributed by atoms with E-state index in [-0.39, 0.29) is 35.9 Å². The maximum Gasteiger partial charge on any atom is 0.225 e. The minimum absolute atomic E-state index is 0. The van der Waals surface area contributed by atoms with E-state index in [1.807, 2.05) is 42.2 Å². The molecule has 3 rings (SSSR count). The van der Waals surface area contributed by atoms with Crippen molar-refractivity contribution in [1.82, 2.24) is 15.5 Å². The zero-order chi connectivity index (χ0) is 20.5. The Kier molecular flexibility index (Phi) is 10.9. The highest BCUT2D eigenvalue weighted by molar-refractivity contribution is 14.0. The Morgan fingerprint density at radius 1 is 1.20 bits per heavy atom. The van der Waals surface area contributed by atoms with Crippen molar-refractivity contribution in [2.75, 3.05) is 26.2 Å². The van der Waals surface area contributed by atoms with Crippen LogP contribution in [0.15, 0.2) is 35.3 Å². The molecular weight excluding hydrogens is 491 g/mol. The molecule has 2 aliphatic rings. The van der Waals surface area contributed by atoms with Crippen molar-refractivity contribution in [3.63, 3.8) is 0 Å². The Morgan fingerprint density at radius 3 is 2.63 bits per heavy atom. The summed E-state index contributed by atoms with van der Waals surface area (Å²) in [6.07, 6.45) is 6.77. The van der Waals surface area contributed by atoms with E-state index in [9.17, 15) is 9.90 Å². The van der Waals surface area contributed by atoms with Crippen LogP contribution in [0.4, 0.5) is 0 Å². The van der Waals surface area contributed by atoms with Crippen LogP contribution in [0.1, 0.15) is 51.0 Å². The van der Waals surface area contributed by atoms with Gasteiger partial charge in [0.15, 0.2) is 5.96 Å². The van der Waals surface area contributed by atoms with E-state index in [4.69, 9.17) is 0 Å². The molecular formula is C23H37IN4O2. The van der Waals surface area contributed by atoms with E-state index >= 15 is 0 Å². The number of aliphatic hydroxyl groups excluding tert-OH is 1. The van der Waals surface area contributed by atoms with Crippen LogP contribution in [0.25, 0.3) is 0 Å². The molecule has 2 fully saturated rings. The zero-order valence-electron chi connectivity index (χ0n) is 18.1. The van der Waals surface area contributed by atoms with Crippen LogP contribution in [0, 0.1) is 5.92 Å². The molecule has 168 valence electrons. The standard InChI is InChI=1S/C23H36N4O2.HI/c1-2-24-23(25-16-21(28)15-18-9-5-3-6-10-18)26-20-13-14-27(17-20)22(29)19-11-7-4-8-12-19;/h3,5-6,9-10,19-21,28H,2,4,7-8,11-17H2,1H3,(H2,24,25,26);1H. The topological polar surface area (TPSA) is 77.0 Å². The lowest BCUT2D eigenvalue weighted by Crippen LogP contribution is -2.46. The van der Waals surface area contributed by atoms with Gasteiger partial charge in [-0.05, 0) is 31.7 Å². The molecule has 0 bridgehead atoms. The Bertz CT molecular complexity index is 664. The molecule has 0 aromatic heterocycles. The molecule has 1 amide bonds. The Balaban J connectivity index is 0.00000320. The first-order chi connectivity index (χ1) is 14.2. The quantitative estimate of drug-likeness (QED) is 0.289. The number of nitrogens with one attached hydrogen (secondary N) is 2. The number of carbonyl (C=O) groups excluding carboxylic acids is 1. The minimum Gasteiger partial charge on any atom is -0.391 e. The summed E-state index contributed by atoms with van der Waals surface area (Å²) >= 11 is 0. The average Bonchev–Trinajstić information content (AvgIpc) is 3.21. The smallest absolute Gasteiger partial charge is 0.225 e. The number of guanidine groups is 1. The highest BCUT2D eigenvalue weighted by Gasteiger charge is 2.31. The fourth-order valence-corrected chi connectivity index (χ4v) is 4.35. The summed E-state index contributed by atoms with van der Waals surface area (Å²) in [4.78, 5) is 19.4. The lowest BCUT2D eigenvalue weighted by molar-refractivity contribution is -0.135. The van der Waals surface area contributed by atoms with Crippen LogP contribution >= 0.6 is 24.0 Å². The molecule has 1 saturated heterocycles. The van der Waals surface area contributed by atoms with Gasteiger partial charge in [0, 0.05) is 38.0 Å². The number of hydrogen-bond donors (Lipinski definition) is 3. The number of aliphatic hydroxyl groups is 1. The van der Waals surface area contributed by atoms with Crippen LogP contribution in [-0.2, 0) is 11.2 Å². The summed E-state index contributed by atoms with van der Waals surface area (Å²) in [5, 5.41) is 17.0. The number of rotatable bonds is 7. The molecule has 3 N–H and O–H groups in total. The molecule has 1 heterocycles. The number of benzene rings is 1. The summed E-state index contributed by atoms with van der Waals surface area (Å²) < 4.78 is 0. The Morgan fingerprint density at radius 2 is 1.93 bits per heavy atom. The molecule has 1 aliphatic carbocycles. The van der Waals surface area contributed by atoms with Gasteiger partial charge in [0.2, 0.25) is 5.91 Å². The first-order valence-corrected chi connectivity index (χ1v) is 11.2. The first kappa shape index (κ1) is 24.9.